The average Bonchev–Trinajstić information content (AvgIpc) is 3.25. The topological polar surface area (TPSA) is 59.9 Å². The Hall–Kier alpha value is -2.98. The van der Waals surface area contributed by atoms with Gasteiger partial charge in [-0.1, -0.05) is 36.4 Å². The molecule has 0 spiro atoms. The molecule has 130 valence electrons. The van der Waals surface area contributed by atoms with Crippen LogP contribution in [0.15, 0.2) is 48.5 Å². The first-order valence-corrected chi connectivity index (χ1v) is 8.51. The third kappa shape index (κ3) is 2.68. The van der Waals surface area contributed by atoms with Gasteiger partial charge < -0.3 is 16.0 Å². The van der Waals surface area contributed by atoms with E-state index in [1.54, 1.807) is 0 Å². The molecule has 0 bridgehead atoms. The van der Waals surface area contributed by atoms with Crippen LogP contribution in [0.2, 0.25) is 0 Å². The molecule has 5 heteroatoms. The highest BCUT2D eigenvalue weighted by Crippen LogP contribution is 2.35. The van der Waals surface area contributed by atoms with Crippen LogP contribution in [-0.4, -0.2) is 12.5 Å². The molecule has 0 atom stereocenters. The Kier molecular flexibility index (Phi) is 4.05. The summed E-state index contributed by atoms with van der Waals surface area (Å²) in [6, 6.07) is 16.6. The van der Waals surface area contributed by atoms with E-state index in [1.807, 2.05) is 12.1 Å². The Bertz CT molecular complexity index is 1040. The van der Waals surface area contributed by atoms with Crippen LogP contribution in [0.3, 0.4) is 0 Å². The predicted octanol–water partition coefficient (Wildman–Crippen LogP) is 5.17. The minimum Gasteiger partial charge on any atom is -0.384 e. The summed E-state index contributed by atoms with van der Waals surface area (Å²) >= 11 is 0. The van der Waals surface area contributed by atoms with Crippen molar-refractivity contribution in [1.29, 1.82) is 5.41 Å². The van der Waals surface area contributed by atoms with E-state index in [0.29, 0.717) is 0 Å². The number of guanidine groups is 1. The number of hydrogen-bond acceptors (Lipinski definition) is 2. The molecule has 0 fully saturated rings. The SMILES string of the molecule is Cl.N=C(Nc1ccc2c(c1)CCN2)Nc1ccc2c3c(cccc13)C=C2. The lowest BCUT2D eigenvalue weighted by molar-refractivity contribution is 1.11. The molecule has 0 amide bonds. The maximum absolute atomic E-state index is 8.31. The summed E-state index contributed by atoms with van der Waals surface area (Å²) in [4.78, 5) is 0. The van der Waals surface area contributed by atoms with Crippen molar-refractivity contribution in [3.8, 4) is 0 Å². The highest BCUT2D eigenvalue weighted by molar-refractivity contribution is 6.13. The predicted molar refractivity (Wildman–Crippen MR) is 114 cm³/mol. The van der Waals surface area contributed by atoms with E-state index in [1.165, 1.54) is 27.8 Å². The van der Waals surface area contributed by atoms with Gasteiger partial charge in [0, 0.05) is 29.0 Å². The summed E-state index contributed by atoms with van der Waals surface area (Å²) in [6.07, 6.45) is 5.32. The lowest BCUT2D eigenvalue weighted by Gasteiger charge is -2.14. The Morgan fingerprint density at radius 1 is 0.962 bits per heavy atom. The van der Waals surface area contributed by atoms with Gasteiger partial charge in [0.1, 0.15) is 0 Å². The van der Waals surface area contributed by atoms with Crippen molar-refractivity contribution < 1.29 is 0 Å². The number of nitrogens with one attached hydrogen (secondary N) is 4. The quantitative estimate of drug-likeness (QED) is 0.294. The van der Waals surface area contributed by atoms with E-state index in [-0.39, 0.29) is 18.4 Å². The fraction of sp³-hybridized carbons (Fsp3) is 0.0952. The second kappa shape index (κ2) is 6.39. The molecule has 1 aliphatic carbocycles. The molecule has 5 rings (SSSR count). The highest BCUT2D eigenvalue weighted by atomic mass is 35.5. The van der Waals surface area contributed by atoms with E-state index in [9.17, 15) is 0 Å². The van der Waals surface area contributed by atoms with Crippen molar-refractivity contribution in [2.24, 2.45) is 0 Å². The Morgan fingerprint density at radius 2 is 1.81 bits per heavy atom. The van der Waals surface area contributed by atoms with Gasteiger partial charge in [0.05, 0.1) is 0 Å². The summed E-state index contributed by atoms with van der Waals surface area (Å²) in [5.41, 5.74) is 6.86. The van der Waals surface area contributed by atoms with E-state index in [2.05, 4.69) is 64.5 Å². The van der Waals surface area contributed by atoms with E-state index in [0.717, 1.165) is 29.7 Å². The first-order valence-electron chi connectivity index (χ1n) is 8.51. The summed E-state index contributed by atoms with van der Waals surface area (Å²) < 4.78 is 0. The second-order valence-corrected chi connectivity index (χ2v) is 6.48. The van der Waals surface area contributed by atoms with Crippen molar-refractivity contribution in [3.05, 3.63) is 65.2 Å². The standard InChI is InChI=1S/C21H18N4.ClH/c22-21(24-16-7-9-18-15(12-16)10-11-23-18)25-19-8-6-14-5-4-13-2-1-3-17(19)20(13)14;/h1-9,12,23H,10-11H2,(H3,22,24,25);1H. The van der Waals surface area contributed by atoms with Crippen LogP contribution in [0.1, 0.15) is 16.7 Å². The van der Waals surface area contributed by atoms with Gasteiger partial charge in [-0.15, -0.1) is 12.4 Å². The first kappa shape index (κ1) is 16.5. The minimum atomic E-state index is 0. The van der Waals surface area contributed by atoms with Gasteiger partial charge >= 0.3 is 0 Å². The molecule has 0 aromatic heterocycles. The van der Waals surface area contributed by atoms with Crippen LogP contribution in [0, 0.1) is 5.41 Å². The number of anilines is 3. The number of rotatable bonds is 2. The third-order valence-electron chi connectivity index (χ3n) is 4.89. The Morgan fingerprint density at radius 3 is 2.69 bits per heavy atom. The number of hydrogen-bond donors (Lipinski definition) is 4. The first-order chi connectivity index (χ1) is 12.3. The van der Waals surface area contributed by atoms with Gasteiger partial charge in [-0.3, -0.25) is 5.41 Å². The van der Waals surface area contributed by atoms with E-state index >= 15 is 0 Å². The zero-order valence-electron chi connectivity index (χ0n) is 14.1. The fourth-order valence-electron chi connectivity index (χ4n) is 3.72. The van der Waals surface area contributed by atoms with Gasteiger partial charge in [0.25, 0.3) is 0 Å². The summed E-state index contributed by atoms with van der Waals surface area (Å²) in [6.45, 7) is 0.989. The van der Waals surface area contributed by atoms with Gasteiger partial charge in [0.2, 0.25) is 0 Å². The Balaban J connectivity index is 0.00000168. The van der Waals surface area contributed by atoms with Crippen LogP contribution in [0.5, 0.6) is 0 Å². The molecule has 4 N–H and O–H groups in total. The number of halogens is 1. The van der Waals surface area contributed by atoms with Crippen molar-refractivity contribution >= 4 is 58.4 Å². The van der Waals surface area contributed by atoms with E-state index < -0.39 is 0 Å². The van der Waals surface area contributed by atoms with Crippen molar-refractivity contribution in [1.82, 2.24) is 0 Å². The molecule has 0 saturated heterocycles. The average molecular weight is 363 g/mol. The summed E-state index contributed by atoms with van der Waals surface area (Å²) in [5, 5.41) is 20.4. The molecule has 0 saturated carbocycles. The monoisotopic (exact) mass is 362 g/mol. The van der Waals surface area contributed by atoms with Crippen LogP contribution in [0.4, 0.5) is 17.1 Å². The fourth-order valence-corrected chi connectivity index (χ4v) is 3.72. The second-order valence-electron chi connectivity index (χ2n) is 6.48. The molecule has 2 aliphatic rings. The van der Waals surface area contributed by atoms with Crippen LogP contribution < -0.4 is 16.0 Å². The number of fused-ring (bicyclic) bond motifs is 1. The van der Waals surface area contributed by atoms with E-state index in [4.69, 9.17) is 5.41 Å². The number of benzene rings is 3. The summed E-state index contributed by atoms with van der Waals surface area (Å²) in [5.74, 6) is 0.276. The van der Waals surface area contributed by atoms with Crippen molar-refractivity contribution in [2.45, 2.75) is 6.42 Å². The molecule has 1 aliphatic heterocycles. The molecule has 3 aromatic rings. The molecule has 3 aromatic carbocycles. The minimum absolute atomic E-state index is 0. The summed E-state index contributed by atoms with van der Waals surface area (Å²) in [7, 11) is 0. The maximum atomic E-state index is 8.31. The van der Waals surface area contributed by atoms with Gasteiger partial charge in [-0.2, -0.15) is 0 Å². The third-order valence-corrected chi connectivity index (χ3v) is 4.89. The molecular formula is C21H19ClN4. The maximum Gasteiger partial charge on any atom is 0.197 e. The largest absolute Gasteiger partial charge is 0.384 e. The smallest absolute Gasteiger partial charge is 0.197 e. The van der Waals surface area contributed by atoms with Crippen molar-refractivity contribution in [3.63, 3.8) is 0 Å². The normalized spacial score (nSPS) is 13.1. The van der Waals surface area contributed by atoms with Gasteiger partial charge in [-0.25, -0.2) is 0 Å². The zero-order chi connectivity index (χ0) is 16.8. The molecule has 26 heavy (non-hydrogen) atoms. The Labute approximate surface area is 158 Å². The molecular weight excluding hydrogens is 344 g/mol. The molecule has 0 unspecified atom stereocenters. The van der Waals surface area contributed by atoms with Gasteiger partial charge in [0.15, 0.2) is 5.96 Å². The van der Waals surface area contributed by atoms with Crippen LogP contribution >= 0.6 is 12.4 Å². The molecule has 1 heterocycles. The van der Waals surface area contributed by atoms with Crippen LogP contribution in [0.25, 0.3) is 22.9 Å². The van der Waals surface area contributed by atoms with Crippen LogP contribution in [-0.2, 0) is 6.42 Å². The van der Waals surface area contributed by atoms with Gasteiger partial charge in [-0.05, 0) is 52.8 Å². The van der Waals surface area contributed by atoms with Crippen molar-refractivity contribution in [2.75, 3.05) is 22.5 Å². The molecule has 0 radical (unpaired) electrons. The lowest BCUT2D eigenvalue weighted by atomic mass is 10.0. The molecule has 4 nitrogen and oxygen atoms in total. The lowest BCUT2D eigenvalue weighted by Crippen LogP contribution is -2.20. The zero-order valence-corrected chi connectivity index (χ0v) is 14.9. The highest BCUT2D eigenvalue weighted by Gasteiger charge is 2.13.